The highest BCUT2D eigenvalue weighted by Crippen LogP contribution is 2.37. The van der Waals surface area contributed by atoms with E-state index >= 15 is 0 Å². The van der Waals surface area contributed by atoms with Crippen molar-refractivity contribution in [1.29, 1.82) is 0 Å². The second-order valence-electron chi connectivity index (χ2n) is 8.53. The molecule has 1 saturated heterocycles. The number of methoxy groups -OCH3 is 1. The van der Waals surface area contributed by atoms with E-state index in [2.05, 4.69) is 10.6 Å². The van der Waals surface area contributed by atoms with Gasteiger partial charge in [-0.25, -0.2) is 0 Å². The molecule has 2 aromatic carbocycles. The van der Waals surface area contributed by atoms with Crippen molar-refractivity contribution in [2.24, 2.45) is 0 Å². The number of benzene rings is 2. The monoisotopic (exact) mass is 519 g/mol. The van der Waals surface area contributed by atoms with Gasteiger partial charge in [-0.2, -0.15) is 13.2 Å². The maximum absolute atomic E-state index is 13.7. The summed E-state index contributed by atoms with van der Waals surface area (Å²) in [5.41, 5.74) is -0.558. The van der Waals surface area contributed by atoms with Crippen molar-refractivity contribution in [2.45, 2.75) is 51.0 Å². The molecule has 198 valence electrons. The van der Waals surface area contributed by atoms with Gasteiger partial charge in [-0.05, 0) is 31.0 Å². The van der Waals surface area contributed by atoms with Crippen LogP contribution < -0.4 is 15.4 Å². The number of amides is 3. The van der Waals surface area contributed by atoms with Gasteiger partial charge in [0.15, 0.2) is 0 Å². The molecule has 2 aromatic rings. The number of rotatable bonds is 10. The van der Waals surface area contributed by atoms with E-state index in [-0.39, 0.29) is 37.1 Å². The minimum atomic E-state index is -4.70. The van der Waals surface area contributed by atoms with Gasteiger partial charge in [-0.1, -0.05) is 36.4 Å². The molecule has 3 amide bonds. The average Bonchev–Trinajstić information content (AvgIpc) is 3.23. The highest BCUT2D eigenvalue weighted by atomic mass is 19.4. The average molecular weight is 520 g/mol. The molecule has 2 atom stereocenters. The number of likely N-dealkylation sites (N-methyl/N-ethyl adjacent to an activating group) is 1. The second kappa shape index (κ2) is 11.9. The predicted octanol–water partition coefficient (Wildman–Crippen LogP) is 2.64. The molecule has 1 fully saturated rings. The minimum Gasteiger partial charge on any atom is -0.496 e. The van der Waals surface area contributed by atoms with E-state index in [1.165, 1.54) is 19.2 Å². The van der Waals surface area contributed by atoms with Crippen LogP contribution in [0.25, 0.3) is 0 Å². The van der Waals surface area contributed by atoms with E-state index in [0.717, 1.165) is 11.0 Å². The van der Waals surface area contributed by atoms with Crippen molar-refractivity contribution >= 4 is 23.5 Å². The summed E-state index contributed by atoms with van der Waals surface area (Å²) in [6, 6.07) is 9.80. The van der Waals surface area contributed by atoms with Crippen molar-refractivity contribution in [2.75, 3.05) is 13.7 Å². The molecule has 37 heavy (non-hydrogen) atoms. The summed E-state index contributed by atoms with van der Waals surface area (Å²) in [6.07, 6.45) is -4.69. The van der Waals surface area contributed by atoms with Crippen LogP contribution in [0, 0.1) is 0 Å². The van der Waals surface area contributed by atoms with Gasteiger partial charge in [0.05, 0.1) is 19.2 Å². The first-order valence-electron chi connectivity index (χ1n) is 11.8. The quantitative estimate of drug-likeness (QED) is 0.470. The standard InChI is InChI=1S/C26H28F3N3O5/c1-3-30-25(36)23(34)19(14-16-8-5-4-6-9-16)31-24(35)20-12-13-22(33)32(20)15-17-18(26(27,28)29)10-7-11-21(17)37-2/h4-11,19-20H,3,12-15H2,1-2H3,(H,30,36)(H,31,35)/t19?,20-/m0/s1. The Kier molecular flexibility index (Phi) is 8.90. The molecule has 0 radical (unpaired) electrons. The molecule has 3 rings (SSSR count). The van der Waals surface area contributed by atoms with Crippen LogP contribution in [0.5, 0.6) is 5.75 Å². The molecule has 1 heterocycles. The highest BCUT2D eigenvalue weighted by Gasteiger charge is 2.41. The molecule has 1 unspecified atom stereocenters. The number of hydrogen-bond acceptors (Lipinski definition) is 5. The molecule has 11 heteroatoms. The molecule has 0 spiro atoms. The third-order valence-electron chi connectivity index (χ3n) is 6.09. The number of halogens is 3. The lowest BCUT2D eigenvalue weighted by atomic mass is 10.0. The molecule has 2 N–H and O–H groups in total. The van der Waals surface area contributed by atoms with E-state index in [1.807, 2.05) is 0 Å². The van der Waals surface area contributed by atoms with Crippen LogP contribution in [0.4, 0.5) is 13.2 Å². The molecule has 1 aliphatic heterocycles. The number of nitrogens with zero attached hydrogens (tertiary/aromatic N) is 1. The Balaban J connectivity index is 1.87. The molecular weight excluding hydrogens is 491 g/mol. The number of carbonyl (C=O) groups is 4. The van der Waals surface area contributed by atoms with Crippen LogP contribution in [0.15, 0.2) is 48.5 Å². The van der Waals surface area contributed by atoms with Crippen LogP contribution in [-0.4, -0.2) is 54.1 Å². The second-order valence-corrected chi connectivity index (χ2v) is 8.53. The first-order chi connectivity index (χ1) is 17.6. The highest BCUT2D eigenvalue weighted by molar-refractivity contribution is 6.38. The van der Waals surface area contributed by atoms with E-state index < -0.39 is 53.9 Å². The first kappa shape index (κ1) is 27.7. The third-order valence-corrected chi connectivity index (χ3v) is 6.09. The lowest BCUT2D eigenvalue weighted by Crippen LogP contribution is -2.53. The Morgan fingerprint density at radius 1 is 1.11 bits per heavy atom. The first-order valence-corrected chi connectivity index (χ1v) is 11.8. The Morgan fingerprint density at radius 2 is 1.81 bits per heavy atom. The topological polar surface area (TPSA) is 105 Å². The van der Waals surface area contributed by atoms with Gasteiger partial charge in [0.2, 0.25) is 17.6 Å². The minimum absolute atomic E-state index is 0.0218. The van der Waals surface area contributed by atoms with Crippen molar-refractivity contribution in [3.63, 3.8) is 0 Å². The van der Waals surface area contributed by atoms with Crippen LogP contribution in [-0.2, 0) is 38.3 Å². The molecule has 8 nitrogen and oxygen atoms in total. The Morgan fingerprint density at radius 3 is 2.43 bits per heavy atom. The lowest BCUT2D eigenvalue weighted by molar-refractivity contribution is -0.142. The SMILES string of the molecule is CCNC(=O)C(=O)C(Cc1ccccc1)NC(=O)[C@@H]1CCC(=O)N1Cc1c(OC)cccc1C(F)(F)F. The number of nitrogens with one attached hydrogen (secondary N) is 2. The largest absolute Gasteiger partial charge is 0.496 e. The molecule has 0 aliphatic carbocycles. The van der Waals surface area contributed by atoms with Gasteiger partial charge in [0, 0.05) is 24.9 Å². The van der Waals surface area contributed by atoms with Crippen molar-refractivity contribution in [3.05, 3.63) is 65.2 Å². The maximum Gasteiger partial charge on any atom is 0.416 e. The summed E-state index contributed by atoms with van der Waals surface area (Å²) in [5.74, 6) is -3.03. The summed E-state index contributed by atoms with van der Waals surface area (Å²) >= 11 is 0. The zero-order valence-corrected chi connectivity index (χ0v) is 20.4. The van der Waals surface area contributed by atoms with Crippen molar-refractivity contribution in [1.82, 2.24) is 15.5 Å². The van der Waals surface area contributed by atoms with Crippen LogP contribution in [0.2, 0.25) is 0 Å². The summed E-state index contributed by atoms with van der Waals surface area (Å²) in [4.78, 5) is 52.0. The van der Waals surface area contributed by atoms with Gasteiger partial charge in [-0.15, -0.1) is 0 Å². The van der Waals surface area contributed by atoms with E-state index in [4.69, 9.17) is 4.74 Å². The molecule has 0 aromatic heterocycles. The number of hydrogen-bond donors (Lipinski definition) is 2. The number of Topliss-reactive ketones (excluding diaryl/α,β-unsaturated/α-hetero) is 1. The molecule has 0 saturated carbocycles. The predicted molar refractivity (Wildman–Crippen MR) is 127 cm³/mol. The van der Waals surface area contributed by atoms with Crippen LogP contribution in [0.3, 0.4) is 0 Å². The number of carbonyl (C=O) groups excluding carboxylic acids is 4. The Hall–Kier alpha value is -3.89. The van der Waals surface area contributed by atoms with Crippen molar-refractivity contribution in [3.8, 4) is 5.75 Å². The van der Waals surface area contributed by atoms with Crippen molar-refractivity contribution < 1.29 is 37.1 Å². The van der Waals surface area contributed by atoms with Crippen LogP contribution in [0.1, 0.15) is 36.5 Å². The van der Waals surface area contributed by atoms with Gasteiger partial charge in [0.25, 0.3) is 5.91 Å². The van der Waals surface area contributed by atoms with Gasteiger partial charge in [-0.3, -0.25) is 19.2 Å². The van der Waals surface area contributed by atoms with Crippen LogP contribution >= 0.6 is 0 Å². The Bertz CT molecular complexity index is 1150. The summed E-state index contributed by atoms with van der Waals surface area (Å²) in [7, 11) is 1.22. The zero-order valence-electron chi connectivity index (χ0n) is 20.4. The lowest BCUT2D eigenvalue weighted by Gasteiger charge is -2.28. The summed E-state index contributed by atoms with van der Waals surface area (Å²) < 4.78 is 46.2. The number of alkyl halides is 3. The smallest absolute Gasteiger partial charge is 0.416 e. The fourth-order valence-electron chi connectivity index (χ4n) is 4.29. The number of ketones is 1. The van der Waals surface area contributed by atoms with Gasteiger partial charge in [0.1, 0.15) is 17.8 Å². The molecule has 0 bridgehead atoms. The van der Waals surface area contributed by atoms with Gasteiger partial charge < -0.3 is 20.3 Å². The normalized spacial score (nSPS) is 16.3. The van der Waals surface area contributed by atoms with E-state index in [1.54, 1.807) is 37.3 Å². The maximum atomic E-state index is 13.7. The molecule has 1 aliphatic rings. The summed E-state index contributed by atoms with van der Waals surface area (Å²) in [5, 5.41) is 4.97. The number of likely N-dealkylation sites (tertiary alicyclic amines) is 1. The van der Waals surface area contributed by atoms with E-state index in [9.17, 15) is 32.3 Å². The number of ether oxygens (including phenoxy) is 1. The summed E-state index contributed by atoms with van der Waals surface area (Å²) in [6.45, 7) is 1.34. The van der Waals surface area contributed by atoms with Gasteiger partial charge >= 0.3 is 6.18 Å². The Labute approximate surface area is 212 Å². The fourth-order valence-corrected chi connectivity index (χ4v) is 4.29. The fraction of sp³-hybridized carbons (Fsp3) is 0.385. The third kappa shape index (κ3) is 6.66. The zero-order chi connectivity index (χ0) is 27.2. The van der Waals surface area contributed by atoms with E-state index in [0.29, 0.717) is 5.56 Å². The molecular formula is C26H28F3N3O5.